The lowest BCUT2D eigenvalue weighted by Crippen LogP contribution is -2.25. The van der Waals surface area contributed by atoms with E-state index in [4.69, 9.17) is 14.5 Å². The average Bonchev–Trinajstić information content (AvgIpc) is 3.11. The predicted molar refractivity (Wildman–Crippen MR) is 117 cm³/mol. The fraction of sp³-hybridized carbons (Fsp3) is 0.435. The minimum Gasteiger partial charge on any atom is -0.497 e. The Labute approximate surface area is 178 Å². The SMILES string of the molecule is COc1cccc(OCC(O)Cn2c(C3CCCCC3)nc3ccccc32)c1.Cl. The van der Waals surface area contributed by atoms with Gasteiger partial charge in [0.25, 0.3) is 0 Å². The molecule has 4 rings (SSSR count). The molecule has 1 N–H and O–H groups in total. The van der Waals surface area contributed by atoms with E-state index in [0.29, 0.717) is 18.2 Å². The summed E-state index contributed by atoms with van der Waals surface area (Å²) in [6.45, 7) is 0.708. The summed E-state index contributed by atoms with van der Waals surface area (Å²) < 4.78 is 13.2. The fourth-order valence-electron chi connectivity index (χ4n) is 4.11. The summed E-state index contributed by atoms with van der Waals surface area (Å²) in [4.78, 5) is 4.92. The van der Waals surface area contributed by atoms with E-state index in [0.717, 1.165) is 22.6 Å². The van der Waals surface area contributed by atoms with Crippen LogP contribution in [0.15, 0.2) is 48.5 Å². The maximum Gasteiger partial charge on any atom is 0.123 e. The van der Waals surface area contributed by atoms with Crippen LogP contribution < -0.4 is 9.47 Å². The number of nitrogens with zero attached hydrogens (tertiary/aromatic N) is 2. The van der Waals surface area contributed by atoms with Gasteiger partial charge in [0.1, 0.15) is 30.0 Å². The van der Waals surface area contributed by atoms with Gasteiger partial charge in [0, 0.05) is 12.0 Å². The van der Waals surface area contributed by atoms with Crippen molar-refractivity contribution in [3.05, 3.63) is 54.4 Å². The first-order valence-electron chi connectivity index (χ1n) is 10.1. The van der Waals surface area contributed by atoms with E-state index in [1.165, 1.54) is 32.1 Å². The Bertz CT molecular complexity index is 921. The summed E-state index contributed by atoms with van der Waals surface area (Å²) in [6, 6.07) is 15.6. The highest BCUT2D eigenvalue weighted by Gasteiger charge is 2.23. The summed E-state index contributed by atoms with van der Waals surface area (Å²) in [7, 11) is 1.63. The van der Waals surface area contributed by atoms with Gasteiger partial charge in [0.05, 0.1) is 24.7 Å². The highest BCUT2D eigenvalue weighted by atomic mass is 35.5. The van der Waals surface area contributed by atoms with Crippen molar-refractivity contribution in [2.75, 3.05) is 13.7 Å². The van der Waals surface area contributed by atoms with Crippen molar-refractivity contribution < 1.29 is 14.6 Å². The van der Waals surface area contributed by atoms with Crippen molar-refractivity contribution in [1.29, 1.82) is 0 Å². The van der Waals surface area contributed by atoms with Crippen LogP contribution in [0.2, 0.25) is 0 Å². The molecule has 0 spiro atoms. The summed E-state index contributed by atoms with van der Waals surface area (Å²) >= 11 is 0. The first kappa shape index (κ1) is 21.5. The first-order chi connectivity index (χ1) is 13.7. The minimum absolute atomic E-state index is 0. The molecule has 1 saturated carbocycles. The van der Waals surface area contributed by atoms with Crippen molar-refractivity contribution >= 4 is 23.4 Å². The van der Waals surface area contributed by atoms with Crippen molar-refractivity contribution in [1.82, 2.24) is 9.55 Å². The Morgan fingerprint density at radius 1 is 1.07 bits per heavy atom. The van der Waals surface area contributed by atoms with Crippen molar-refractivity contribution in [3.8, 4) is 11.5 Å². The molecule has 1 aliphatic carbocycles. The minimum atomic E-state index is -0.619. The number of hydrogen-bond donors (Lipinski definition) is 1. The van der Waals surface area contributed by atoms with Crippen molar-refractivity contribution in [2.24, 2.45) is 0 Å². The highest BCUT2D eigenvalue weighted by Crippen LogP contribution is 2.34. The molecular weight excluding hydrogens is 388 g/mol. The van der Waals surface area contributed by atoms with Gasteiger partial charge in [-0.25, -0.2) is 4.98 Å². The van der Waals surface area contributed by atoms with Gasteiger partial charge in [-0.1, -0.05) is 37.5 Å². The Hall–Kier alpha value is -2.24. The number of methoxy groups -OCH3 is 1. The molecule has 2 aromatic carbocycles. The topological polar surface area (TPSA) is 56.5 Å². The van der Waals surface area contributed by atoms with Gasteiger partial charge in [-0.05, 0) is 37.1 Å². The van der Waals surface area contributed by atoms with Gasteiger partial charge in [-0.2, -0.15) is 0 Å². The zero-order valence-corrected chi connectivity index (χ0v) is 17.6. The molecule has 0 saturated heterocycles. The molecule has 29 heavy (non-hydrogen) atoms. The first-order valence-corrected chi connectivity index (χ1v) is 10.1. The molecule has 1 aliphatic rings. The molecule has 6 heteroatoms. The van der Waals surface area contributed by atoms with Crippen molar-refractivity contribution in [3.63, 3.8) is 0 Å². The Balaban J connectivity index is 0.00000240. The smallest absolute Gasteiger partial charge is 0.123 e. The predicted octanol–water partition coefficient (Wildman–Crippen LogP) is 4.95. The molecule has 0 aliphatic heterocycles. The Kier molecular flexibility index (Phi) is 7.40. The molecule has 3 aromatic rings. The Morgan fingerprint density at radius 3 is 2.62 bits per heavy atom. The summed E-state index contributed by atoms with van der Waals surface area (Å²) in [5, 5.41) is 10.7. The molecule has 1 fully saturated rings. The molecule has 1 unspecified atom stereocenters. The van der Waals surface area contributed by atoms with Gasteiger partial charge in [0.15, 0.2) is 0 Å². The lowest BCUT2D eigenvalue weighted by molar-refractivity contribution is 0.0921. The normalized spacial score (nSPS) is 15.7. The Morgan fingerprint density at radius 2 is 1.83 bits per heavy atom. The van der Waals surface area contributed by atoms with Crippen molar-refractivity contribution in [2.45, 2.75) is 50.7 Å². The van der Waals surface area contributed by atoms with E-state index >= 15 is 0 Å². The van der Waals surface area contributed by atoms with E-state index in [2.05, 4.69) is 16.7 Å². The quantitative estimate of drug-likeness (QED) is 0.591. The molecule has 156 valence electrons. The van der Waals surface area contributed by atoms with Gasteiger partial charge < -0.3 is 19.1 Å². The third kappa shape index (κ3) is 5.03. The third-order valence-corrected chi connectivity index (χ3v) is 5.53. The molecule has 5 nitrogen and oxygen atoms in total. The third-order valence-electron chi connectivity index (χ3n) is 5.53. The maximum atomic E-state index is 10.7. The molecule has 1 aromatic heterocycles. The van der Waals surface area contributed by atoms with Gasteiger partial charge >= 0.3 is 0 Å². The second-order valence-electron chi connectivity index (χ2n) is 7.55. The van der Waals surface area contributed by atoms with Gasteiger partial charge in [-0.3, -0.25) is 0 Å². The highest BCUT2D eigenvalue weighted by molar-refractivity contribution is 5.85. The largest absolute Gasteiger partial charge is 0.497 e. The molecule has 0 radical (unpaired) electrons. The number of halogens is 1. The lowest BCUT2D eigenvalue weighted by Gasteiger charge is -2.23. The second kappa shape index (κ2) is 9.99. The average molecular weight is 417 g/mol. The van der Waals surface area contributed by atoms with E-state index < -0.39 is 6.10 Å². The van der Waals surface area contributed by atoms with Crippen LogP contribution in [-0.2, 0) is 6.54 Å². The zero-order chi connectivity index (χ0) is 19.3. The number of rotatable bonds is 7. The van der Waals surface area contributed by atoms with Gasteiger partial charge in [0.2, 0.25) is 0 Å². The van der Waals surface area contributed by atoms with E-state index in [1.807, 2.05) is 36.4 Å². The van der Waals surface area contributed by atoms with Crippen LogP contribution in [0.3, 0.4) is 0 Å². The number of ether oxygens (including phenoxy) is 2. The zero-order valence-electron chi connectivity index (χ0n) is 16.8. The fourth-order valence-corrected chi connectivity index (χ4v) is 4.11. The number of fused-ring (bicyclic) bond motifs is 1. The molecule has 1 heterocycles. The van der Waals surface area contributed by atoms with Crippen LogP contribution in [0, 0.1) is 0 Å². The van der Waals surface area contributed by atoms with Crippen LogP contribution in [0.1, 0.15) is 43.8 Å². The van der Waals surface area contributed by atoms with Gasteiger partial charge in [-0.15, -0.1) is 12.4 Å². The number of aliphatic hydroxyl groups is 1. The molecular formula is C23H29ClN2O3. The molecule has 1 atom stereocenters. The van der Waals surface area contributed by atoms with Crippen LogP contribution in [0.5, 0.6) is 11.5 Å². The number of aromatic nitrogens is 2. The second-order valence-corrected chi connectivity index (χ2v) is 7.55. The van der Waals surface area contributed by atoms with Crippen LogP contribution in [-0.4, -0.2) is 34.5 Å². The maximum absolute atomic E-state index is 10.7. The molecule has 0 bridgehead atoms. The number of imidazole rings is 1. The molecule has 0 amide bonds. The van der Waals surface area contributed by atoms with Crippen LogP contribution in [0.25, 0.3) is 11.0 Å². The monoisotopic (exact) mass is 416 g/mol. The number of benzene rings is 2. The van der Waals surface area contributed by atoms with E-state index in [9.17, 15) is 5.11 Å². The van der Waals surface area contributed by atoms with E-state index in [-0.39, 0.29) is 19.0 Å². The van der Waals surface area contributed by atoms with Crippen LogP contribution >= 0.6 is 12.4 Å². The summed E-state index contributed by atoms with van der Waals surface area (Å²) in [6.07, 6.45) is 5.57. The van der Waals surface area contributed by atoms with E-state index in [1.54, 1.807) is 7.11 Å². The standard InChI is InChI=1S/C23H28N2O3.ClH/c1-27-19-10-7-11-20(14-19)28-16-18(26)15-25-22-13-6-5-12-21(22)24-23(25)17-8-3-2-4-9-17;/h5-7,10-14,17-18,26H,2-4,8-9,15-16H2,1H3;1H. The number of hydrogen-bond acceptors (Lipinski definition) is 4. The lowest BCUT2D eigenvalue weighted by atomic mass is 9.88. The summed E-state index contributed by atoms with van der Waals surface area (Å²) in [5.74, 6) is 3.03. The number of para-hydroxylation sites is 2. The number of aliphatic hydroxyl groups excluding tert-OH is 1. The summed E-state index contributed by atoms with van der Waals surface area (Å²) in [5.41, 5.74) is 2.09. The van der Waals surface area contributed by atoms with Crippen LogP contribution in [0.4, 0.5) is 0 Å².